The number of nitrogens with zero attached hydrogens (tertiary/aromatic N) is 1. The lowest BCUT2D eigenvalue weighted by molar-refractivity contribution is -0.117. The van der Waals surface area contributed by atoms with E-state index >= 15 is 0 Å². The lowest BCUT2D eigenvalue weighted by Gasteiger charge is -2.20. The Balaban J connectivity index is 1.98. The standard InChI is InChI=1S/C19H24N2O3/c1-4-21(13-15-8-6-5-7-9-15)14-19(22)20-17-11-10-16(23-2)12-18(17)24-3/h5-12H,4,13-14H2,1-3H3,(H,20,22). The second-order valence-electron chi connectivity index (χ2n) is 5.40. The van der Waals surface area contributed by atoms with E-state index in [0.717, 1.165) is 13.1 Å². The molecule has 0 radical (unpaired) electrons. The number of amides is 1. The minimum absolute atomic E-state index is 0.0729. The zero-order chi connectivity index (χ0) is 17.4. The molecule has 2 aromatic carbocycles. The van der Waals surface area contributed by atoms with E-state index in [2.05, 4.69) is 22.3 Å². The van der Waals surface area contributed by atoms with E-state index in [9.17, 15) is 4.79 Å². The monoisotopic (exact) mass is 328 g/mol. The Kier molecular flexibility index (Phi) is 6.63. The molecule has 1 N–H and O–H groups in total. The van der Waals surface area contributed by atoms with Gasteiger partial charge < -0.3 is 14.8 Å². The van der Waals surface area contributed by atoms with Crippen molar-refractivity contribution in [2.24, 2.45) is 0 Å². The van der Waals surface area contributed by atoms with Gasteiger partial charge in [-0.05, 0) is 24.2 Å². The number of likely N-dealkylation sites (N-methyl/N-ethyl adjacent to an activating group) is 1. The third-order valence-corrected chi connectivity index (χ3v) is 3.75. The third-order valence-electron chi connectivity index (χ3n) is 3.75. The van der Waals surface area contributed by atoms with Crippen molar-refractivity contribution in [2.45, 2.75) is 13.5 Å². The molecule has 2 aromatic rings. The van der Waals surface area contributed by atoms with Gasteiger partial charge in [0.25, 0.3) is 0 Å². The van der Waals surface area contributed by atoms with Gasteiger partial charge in [-0.3, -0.25) is 9.69 Å². The highest BCUT2D eigenvalue weighted by molar-refractivity contribution is 5.93. The number of benzene rings is 2. The van der Waals surface area contributed by atoms with Gasteiger partial charge in [-0.15, -0.1) is 0 Å². The van der Waals surface area contributed by atoms with Crippen molar-refractivity contribution < 1.29 is 14.3 Å². The van der Waals surface area contributed by atoms with Crippen molar-refractivity contribution >= 4 is 11.6 Å². The lowest BCUT2D eigenvalue weighted by atomic mass is 10.2. The maximum absolute atomic E-state index is 12.4. The van der Waals surface area contributed by atoms with E-state index in [1.165, 1.54) is 5.56 Å². The number of carbonyl (C=O) groups is 1. The van der Waals surface area contributed by atoms with Crippen molar-refractivity contribution in [3.05, 3.63) is 54.1 Å². The normalized spacial score (nSPS) is 10.5. The summed E-state index contributed by atoms with van der Waals surface area (Å²) in [5.74, 6) is 1.19. The second-order valence-corrected chi connectivity index (χ2v) is 5.40. The van der Waals surface area contributed by atoms with Crippen molar-refractivity contribution in [3.63, 3.8) is 0 Å². The van der Waals surface area contributed by atoms with Gasteiger partial charge >= 0.3 is 0 Å². The van der Waals surface area contributed by atoms with E-state index in [4.69, 9.17) is 9.47 Å². The van der Waals surface area contributed by atoms with Gasteiger partial charge in [-0.2, -0.15) is 0 Å². The molecule has 0 aromatic heterocycles. The van der Waals surface area contributed by atoms with Gasteiger partial charge in [-0.25, -0.2) is 0 Å². The molecule has 0 aliphatic carbocycles. The van der Waals surface area contributed by atoms with Crippen LogP contribution in [0, 0.1) is 0 Å². The first-order chi connectivity index (χ1) is 11.7. The zero-order valence-electron chi connectivity index (χ0n) is 14.4. The summed E-state index contributed by atoms with van der Waals surface area (Å²) in [6.45, 7) is 3.90. The van der Waals surface area contributed by atoms with Gasteiger partial charge in [0.05, 0.1) is 26.5 Å². The molecule has 5 nitrogen and oxygen atoms in total. The molecule has 0 unspecified atom stereocenters. The van der Waals surface area contributed by atoms with Crippen LogP contribution in [0.2, 0.25) is 0 Å². The average molecular weight is 328 g/mol. The SMILES string of the molecule is CCN(CC(=O)Nc1ccc(OC)cc1OC)Cc1ccccc1. The molecule has 0 saturated carbocycles. The van der Waals surface area contributed by atoms with Crippen LogP contribution in [-0.2, 0) is 11.3 Å². The van der Waals surface area contributed by atoms with Crippen LogP contribution in [0.15, 0.2) is 48.5 Å². The summed E-state index contributed by atoms with van der Waals surface area (Å²) in [4.78, 5) is 14.4. The molecule has 0 spiro atoms. The molecule has 2 rings (SSSR count). The molecule has 0 fully saturated rings. The second kappa shape index (κ2) is 8.93. The van der Waals surface area contributed by atoms with Crippen LogP contribution < -0.4 is 14.8 Å². The maximum atomic E-state index is 12.4. The van der Waals surface area contributed by atoms with Crippen LogP contribution in [-0.4, -0.2) is 38.1 Å². The fraction of sp³-hybridized carbons (Fsp3) is 0.316. The minimum atomic E-state index is -0.0729. The summed E-state index contributed by atoms with van der Waals surface area (Å²) < 4.78 is 10.5. The predicted octanol–water partition coefficient (Wildman–Crippen LogP) is 3.16. The summed E-state index contributed by atoms with van der Waals surface area (Å²) in [5.41, 5.74) is 1.83. The molecule has 0 aliphatic heterocycles. The van der Waals surface area contributed by atoms with Crippen LogP contribution in [0.3, 0.4) is 0 Å². The van der Waals surface area contributed by atoms with Crippen molar-refractivity contribution in [1.82, 2.24) is 4.90 Å². The number of hydrogen-bond acceptors (Lipinski definition) is 4. The van der Waals surface area contributed by atoms with E-state index in [1.54, 1.807) is 32.4 Å². The highest BCUT2D eigenvalue weighted by Crippen LogP contribution is 2.28. The summed E-state index contributed by atoms with van der Waals surface area (Å²) in [7, 11) is 3.16. The van der Waals surface area contributed by atoms with Crippen molar-refractivity contribution in [2.75, 3.05) is 32.6 Å². The molecular weight excluding hydrogens is 304 g/mol. The summed E-state index contributed by atoms with van der Waals surface area (Å²) in [5, 5.41) is 2.90. The van der Waals surface area contributed by atoms with E-state index < -0.39 is 0 Å². The molecule has 5 heteroatoms. The van der Waals surface area contributed by atoms with Crippen LogP contribution in [0.5, 0.6) is 11.5 Å². The highest BCUT2D eigenvalue weighted by atomic mass is 16.5. The number of methoxy groups -OCH3 is 2. The number of anilines is 1. The van der Waals surface area contributed by atoms with Gasteiger partial charge in [0.1, 0.15) is 11.5 Å². The van der Waals surface area contributed by atoms with Gasteiger partial charge in [-0.1, -0.05) is 37.3 Å². The van der Waals surface area contributed by atoms with Crippen LogP contribution >= 0.6 is 0 Å². The number of hydrogen-bond donors (Lipinski definition) is 1. The Labute approximate surface area is 143 Å². The number of nitrogens with one attached hydrogen (secondary N) is 1. The number of rotatable bonds is 8. The van der Waals surface area contributed by atoms with Crippen LogP contribution in [0.25, 0.3) is 0 Å². The Bertz CT molecular complexity index is 659. The quantitative estimate of drug-likeness (QED) is 0.809. The highest BCUT2D eigenvalue weighted by Gasteiger charge is 2.12. The Morgan fingerprint density at radius 3 is 2.46 bits per heavy atom. The fourth-order valence-electron chi connectivity index (χ4n) is 2.42. The number of carbonyl (C=O) groups excluding carboxylic acids is 1. The molecule has 0 aliphatic rings. The maximum Gasteiger partial charge on any atom is 0.238 e. The smallest absolute Gasteiger partial charge is 0.238 e. The predicted molar refractivity (Wildman–Crippen MR) is 95.6 cm³/mol. The first-order valence-corrected chi connectivity index (χ1v) is 7.94. The zero-order valence-corrected chi connectivity index (χ0v) is 14.4. The molecule has 0 atom stereocenters. The molecule has 0 heterocycles. The third kappa shape index (κ3) is 4.99. The van der Waals surface area contributed by atoms with Crippen LogP contribution in [0.4, 0.5) is 5.69 Å². The van der Waals surface area contributed by atoms with Gasteiger partial charge in [0.15, 0.2) is 0 Å². The summed E-state index contributed by atoms with van der Waals surface area (Å²) in [6, 6.07) is 15.4. The van der Waals surface area contributed by atoms with Crippen molar-refractivity contribution in [1.29, 1.82) is 0 Å². The molecule has 0 saturated heterocycles. The van der Waals surface area contributed by atoms with Gasteiger partial charge in [0, 0.05) is 12.6 Å². The number of ether oxygens (including phenoxy) is 2. The fourth-order valence-corrected chi connectivity index (χ4v) is 2.42. The average Bonchev–Trinajstić information content (AvgIpc) is 2.62. The first-order valence-electron chi connectivity index (χ1n) is 7.94. The minimum Gasteiger partial charge on any atom is -0.497 e. The topological polar surface area (TPSA) is 50.8 Å². The largest absolute Gasteiger partial charge is 0.497 e. The summed E-state index contributed by atoms with van der Waals surface area (Å²) >= 11 is 0. The molecular formula is C19H24N2O3. The first kappa shape index (κ1) is 17.8. The lowest BCUT2D eigenvalue weighted by Crippen LogP contribution is -2.32. The van der Waals surface area contributed by atoms with Gasteiger partial charge in [0.2, 0.25) is 5.91 Å². The summed E-state index contributed by atoms with van der Waals surface area (Å²) in [6.07, 6.45) is 0. The molecule has 24 heavy (non-hydrogen) atoms. The Hall–Kier alpha value is -2.53. The molecule has 0 bridgehead atoms. The van der Waals surface area contributed by atoms with E-state index in [-0.39, 0.29) is 5.91 Å². The Morgan fingerprint density at radius 1 is 1.08 bits per heavy atom. The van der Waals surface area contributed by atoms with Crippen molar-refractivity contribution in [3.8, 4) is 11.5 Å². The van der Waals surface area contributed by atoms with E-state index in [1.807, 2.05) is 25.1 Å². The molecule has 1 amide bonds. The van der Waals surface area contributed by atoms with E-state index in [0.29, 0.717) is 23.7 Å². The molecule has 128 valence electrons. The Morgan fingerprint density at radius 2 is 1.83 bits per heavy atom. The van der Waals surface area contributed by atoms with Crippen LogP contribution in [0.1, 0.15) is 12.5 Å².